The predicted molar refractivity (Wildman–Crippen MR) is 75.3 cm³/mol. The molecule has 1 aliphatic rings. The highest BCUT2D eigenvalue weighted by molar-refractivity contribution is 5.79. The lowest BCUT2D eigenvalue weighted by atomic mass is 9.90. The average Bonchev–Trinajstić information content (AvgIpc) is 2.84. The third-order valence-electron chi connectivity index (χ3n) is 3.92. The topological polar surface area (TPSA) is 69.6 Å². The molecule has 0 spiro atoms. The molecule has 2 rings (SSSR count). The van der Waals surface area contributed by atoms with Gasteiger partial charge in [-0.25, -0.2) is 4.79 Å². The highest BCUT2D eigenvalue weighted by atomic mass is 16.4. The number of likely N-dealkylation sites (tertiary alicyclic amines) is 1. The molecule has 1 unspecified atom stereocenters. The number of hydrogen-bond acceptors (Lipinski definition) is 2. The summed E-state index contributed by atoms with van der Waals surface area (Å²) in [5, 5.41) is 12.1. The van der Waals surface area contributed by atoms with Gasteiger partial charge in [0.05, 0.1) is 11.5 Å². The zero-order valence-corrected chi connectivity index (χ0v) is 11.8. The third kappa shape index (κ3) is 2.92. The first-order chi connectivity index (χ1) is 9.42. The van der Waals surface area contributed by atoms with E-state index in [9.17, 15) is 14.7 Å². The quantitative estimate of drug-likeness (QED) is 0.889. The minimum absolute atomic E-state index is 0.0969. The molecule has 1 aromatic rings. The number of carbonyl (C=O) groups is 2. The summed E-state index contributed by atoms with van der Waals surface area (Å²) in [6.45, 7) is 4.34. The van der Waals surface area contributed by atoms with Gasteiger partial charge in [0.2, 0.25) is 0 Å². The molecule has 2 N–H and O–H groups in total. The van der Waals surface area contributed by atoms with Gasteiger partial charge >= 0.3 is 12.0 Å². The Kier molecular flexibility index (Phi) is 3.97. The lowest BCUT2D eigenvalue weighted by Gasteiger charge is -2.23. The van der Waals surface area contributed by atoms with Crippen molar-refractivity contribution in [2.75, 3.05) is 13.1 Å². The Labute approximate surface area is 118 Å². The van der Waals surface area contributed by atoms with Crippen molar-refractivity contribution in [3.63, 3.8) is 0 Å². The van der Waals surface area contributed by atoms with Crippen molar-refractivity contribution in [3.8, 4) is 0 Å². The molecular formula is C15H20N2O3. The lowest BCUT2D eigenvalue weighted by molar-refractivity contribution is -0.146. The molecule has 2 amide bonds. The fourth-order valence-electron chi connectivity index (χ4n) is 2.41. The Hall–Kier alpha value is -2.04. The van der Waals surface area contributed by atoms with E-state index < -0.39 is 11.4 Å². The Morgan fingerprint density at radius 2 is 2.00 bits per heavy atom. The number of aliphatic carboxylic acids is 1. The molecule has 0 bridgehead atoms. The van der Waals surface area contributed by atoms with Crippen LogP contribution in [0.3, 0.4) is 0 Å². The number of carbonyl (C=O) groups excluding carboxylic acids is 1. The molecule has 1 aliphatic heterocycles. The monoisotopic (exact) mass is 276 g/mol. The molecule has 1 fully saturated rings. The summed E-state index contributed by atoms with van der Waals surface area (Å²) in [6, 6.07) is 9.39. The number of hydrogen-bond donors (Lipinski definition) is 2. The van der Waals surface area contributed by atoms with Crippen molar-refractivity contribution in [3.05, 3.63) is 35.9 Å². The van der Waals surface area contributed by atoms with Gasteiger partial charge in [-0.15, -0.1) is 0 Å². The largest absolute Gasteiger partial charge is 0.481 e. The van der Waals surface area contributed by atoms with Gasteiger partial charge in [-0.2, -0.15) is 0 Å². The highest BCUT2D eigenvalue weighted by Crippen LogP contribution is 2.30. The Bertz CT molecular complexity index is 503. The summed E-state index contributed by atoms with van der Waals surface area (Å²) in [4.78, 5) is 24.9. The van der Waals surface area contributed by atoms with E-state index in [1.54, 1.807) is 11.8 Å². The van der Waals surface area contributed by atoms with Gasteiger partial charge in [-0.05, 0) is 25.8 Å². The van der Waals surface area contributed by atoms with Crippen molar-refractivity contribution in [2.45, 2.75) is 26.3 Å². The van der Waals surface area contributed by atoms with Crippen LogP contribution >= 0.6 is 0 Å². The second kappa shape index (κ2) is 5.53. The summed E-state index contributed by atoms with van der Waals surface area (Å²) in [5.41, 5.74) is 0.203. The summed E-state index contributed by atoms with van der Waals surface area (Å²) in [7, 11) is 0. The van der Waals surface area contributed by atoms with Gasteiger partial charge in [0, 0.05) is 13.1 Å². The minimum Gasteiger partial charge on any atom is -0.481 e. The number of nitrogens with zero attached hydrogens (tertiary/aromatic N) is 1. The van der Waals surface area contributed by atoms with E-state index >= 15 is 0 Å². The van der Waals surface area contributed by atoms with Crippen LogP contribution in [0.15, 0.2) is 30.3 Å². The van der Waals surface area contributed by atoms with Crippen LogP contribution in [0, 0.1) is 5.41 Å². The van der Waals surface area contributed by atoms with Crippen LogP contribution in [0.5, 0.6) is 0 Å². The highest BCUT2D eigenvalue weighted by Gasteiger charge is 2.42. The smallest absolute Gasteiger partial charge is 0.317 e. The van der Waals surface area contributed by atoms with Crippen molar-refractivity contribution in [1.29, 1.82) is 0 Å². The molecule has 5 heteroatoms. The van der Waals surface area contributed by atoms with Crippen molar-refractivity contribution < 1.29 is 14.7 Å². The van der Waals surface area contributed by atoms with E-state index in [0.29, 0.717) is 13.0 Å². The first-order valence-electron chi connectivity index (χ1n) is 6.76. The molecule has 0 saturated carbocycles. The standard InChI is InChI=1S/C15H20N2O3/c1-11(12-6-4-3-5-7-12)16-14(20)17-9-8-15(2,10-17)13(18)19/h3-7,11H,8-10H2,1-2H3,(H,16,20)(H,18,19)/t11-,15?/m1/s1. The average molecular weight is 276 g/mol. The maximum Gasteiger partial charge on any atom is 0.317 e. The molecule has 1 aromatic carbocycles. The van der Waals surface area contributed by atoms with Crippen molar-refractivity contribution >= 4 is 12.0 Å². The van der Waals surface area contributed by atoms with Crippen LogP contribution in [0.4, 0.5) is 4.79 Å². The molecule has 1 heterocycles. The Morgan fingerprint density at radius 1 is 1.35 bits per heavy atom. The van der Waals surface area contributed by atoms with Gasteiger partial charge in [0.15, 0.2) is 0 Å². The first-order valence-corrected chi connectivity index (χ1v) is 6.76. The van der Waals surface area contributed by atoms with Crippen LogP contribution in [0.1, 0.15) is 31.9 Å². The van der Waals surface area contributed by atoms with Crippen molar-refractivity contribution in [2.24, 2.45) is 5.41 Å². The summed E-state index contributed by atoms with van der Waals surface area (Å²) >= 11 is 0. The number of carboxylic acids is 1. The van der Waals surface area contributed by atoms with Crippen molar-refractivity contribution in [1.82, 2.24) is 10.2 Å². The normalized spacial score (nSPS) is 23.4. The molecule has 108 valence electrons. The zero-order valence-electron chi connectivity index (χ0n) is 11.8. The van der Waals surface area contributed by atoms with E-state index in [1.807, 2.05) is 37.3 Å². The number of rotatable bonds is 3. The van der Waals surface area contributed by atoms with Gasteiger partial charge in [-0.3, -0.25) is 4.79 Å². The Morgan fingerprint density at radius 3 is 2.55 bits per heavy atom. The maximum atomic E-state index is 12.2. The number of nitrogens with one attached hydrogen (secondary N) is 1. The molecule has 0 aromatic heterocycles. The second-order valence-corrected chi connectivity index (χ2v) is 5.62. The molecule has 20 heavy (non-hydrogen) atoms. The van der Waals surface area contributed by atoms with E-state index in [2.05, 4.69) is 5.32 Å². The summed E-state index contributed by atoms with van der Waals surface area (Å²) < 4.78 is 0. The molecule has 5 nitrogen and oxygen atoms in total. The number of carboxylic acid groups (broad SMARTS) is 1. The first kappa shape index (κ1) is 14.4. The predicted octanol–water partition coefficient (Wildman–Crippen LogP) is 2.25. The number of benzene rings is 1. The fourth-order valence-corrected chi connectivity index (χ4v) is 2.41. The summed E-state index contributed by atoms with van der Waals surface area (Å²) in [6.07, 6.45) is 0.496. The molecule has 0 radical (unpaired) electrons. The van der Waals surface area contributed by atoms with Crippen LogP contribution in [-0.2, 0) is 4.79 Å². The Balaban J connectivity index is 1.95. The minimum atomic E-state index is -0.844. The van der Waals surface area contributed by atoms with Crippen LogP contribution in [0.25, 0.3) is 0 Å². The summed E-state index contributed by atoms with van der Waals surface area (Å²) in [5.74, 6) is -0.844. The van der Waals surface area contributed by atoms with E-state index in [0.717, 1.165) is 5.56 Å². The molecule has 2 atom stereocenters. The second-order valence-electron chi connectivity index (χ2n) is 5.62. The van der Waals surface area contributed by atoms with Gasteiger partial charge in [0.25, 0.3) is 0 Å². The molecule has 0 aliphatic carbocycles. The fraction of sp³-hybridized carbons (Fsp3) is 0.467. The molecular weight excluding hydrogens is 256 g/mol. The van der Waals surface area contributed by atoms with Gasteiger partial charge < -0.3 is 15.3 Å². The zero-order chi connectivity index (χ0) is 14.8. The van der Waals surface area contributed by atoms with E-state index in [4.69, 9.17) is 0 Å². The SMILES string of the molecule is C[C@@H](NC(=O)N1CCC(C)(C(=O)O)C1)c1ccccc1. The molecule has 1 saturated heterocycles. The third-order valence-corrected chi connectivity index (χ3v) is 3.92. The lowest BCUT2D eigenvalue weighted by Crippen LogP contribution is -2.41. The van der Waals surface area contributed by atoms with E-state index in [1.165, 1.54) is 0 Å². The maximum absolute atomic E-state index is 12.2. The van der Waals surface area contributed by atoms with Crippen LogP contribution in [0.2, 0.25) is 0 Å². The number of amides is 2. The van der Waals surface area contributed by atoms with Gasteiger partial charge in [0.1, 0.15) is 0 Å². The number of urea groups is 1. The van der Waals surface area contributed by atoms with Crippen LogP contribution in [-0.4, -0.2) is 35.1 Å². The van der Waals surface area contributed by atoms with Crippen LogP contribution < -0.4 is 5.32 Å². The van der Waals surface area contributed by atoms with E-state index in [-0.39, 0.29) is 18.6 Å². The van der Waals surface area contributed by atoms with Gasteiger partial charge in [-0.1, -0.05) is 30.3 Å².